The molecule has 4 heteroatoms. The van der Waals surface area contributed by atoms with Crippen molar-refractivity contribution in [2.24, 2.45) is 0 Å². The van der Waals surface area contributed by atoms with Crippen LogP contribution in [0.1, 0.15) is 6.92 Å². The summed E-state index contributed by atoms with van der Waals surface area (Å²) >= 11 is 0. The second-order valence-electron chi connectivity index (χ2n) is 2.26. The lowest BCUT2D eigenvalue weighted by atomic mass is 10.4. The molecular weight excluding hydrogens is 136 g/mol. The van der Waals surface area contributed by atoms with Gasteiger partial charge in [0.1, 0.15) is 18.8 Å². The molecule has 2 atom stereocenters. The molecule has 2 unspecified atom stereocenters. The van der Waals surface area contributed by atoms with Crippen LogP contribution in [-0.4, -0.2) is 36.5 Å². The van der Waals surface area contributed by atoms with Crippen LogP contribution in [-0.2, 0) is 14.3 Å². The van der Waals surface area contributed by atoms with E-state index < -0.39 is 12.1 Å². The van der Waals surface area contributed by atoms with Gasteiger partial charge < -0.3 is 14.6 Å². The highest BCUT2D eigenvalue weighted by Gasteiger charge is 2.24. The highest BCUT2D eigenvalue weighted by molar-refractivity contribution is 5.73. The lowest BCUT2D eigenvalue weighted by Gasteiger charge is -2.03. The van der Waals surface area contributed by atoms with E-state index in [-0.39, 0.29) is 12.7 Å². The standard InChI is InChI=1S/C6H10O4/c1-4(7)6(8)10-3-5-2-9-5/h4-5,7H,2-3H2,1H3. The van der Waals surface area contributed by atoms with E-state index in [4.69, 9.17) is 9.84 Å². The molecule has 0 aliphatic carbocycles. The molecule has 1 N–H and O–H groups in total. The lowest BCUT2D eigenvalue weighted by Crippen LogP contribution is -2.21. The van der Waals surface area contributed by atoms with Gasteiger partial charge in [-0.1, -0.05) is 0 Å². The maximum absolute atomic E-state index is 10.5. The van der Waals surface area contributed by atoms with Gasteiger partial charge in [-0.2, -0.15) is 0 Å². The van der Waals surface area contributed by atoms with Gasteiger partial charge in [-0.05, 0) is 6.92 Å². The Hall–Kier alpha value is -0.610. The van der Waals surface area contributed by atoms with Gasteiger partial charge in [-0.15, -0.1) is 0 Å². The maximum Gasteiger partial charge on any atom is 0.334 e. The Morgan fingerprint density at radius 2 is 2.60 bits per heavy atom. The molecule has 0 saturated carbocycles. The quantitative estimate of drug-likeness (QED) is 0.423. The predicted molar refractivity (Wildman–Crippen MR) is 32.4 cm³/mol. The van der Waals surface area contributed by atoms with Gasteiger partial charge in [-0.3, -0.25) is 0 Å². The number of aliphatic hydroxyl groups is 1. The van der Waals surface area contributed by atoms with Crippen molar-refractivity contribution in [1.29, 1.82) is 0 Å². The minimum absolute atomic E-state index is 0.0719. The largest absolute Gasteiger partial charge is 0.461 e. The summed E-state index contributed by atoms with van der Waals surface area (Å²) in [6.45, 7) is 2.30. The topological polar surface area (TPSA) is 59.1 Å². The van der Waals surface area contributed by atoms with Crippen molar-refractivity contribution in [2.75, 3.05) is 13.2 Å². The molecule has 0 bridgehead atoms. The first-order valence-electron chi connectivity index (χ1n) is 3.16. The molecule has 1 rings (SSSR count). The normalized spacial score (nSPS) is 25.6. The summed E-state index contributed by atoms with van der Waals surface area (Å²) in [7, 11) is 0. The molecule has 10 heavy (non-hydrogen) atoms. The number of hydrogen-bond donors (Lipinski definition) is 1. The van der Waals surface area contributed by atoms with E-state index in [9.17, 15) is 4.79 Å². The summed E-state index contributed by atoms with van der Waals surface area (Å²) in [4.78, 5) is 10.5. The van der Waals surface area contributed by atoms with Crippen LogP contribution in [0.5, 0.6) is 0 Å². The number of rotatable bonds is 3. The van der Waals surface area contributed by atoms with Crippen LogP contribution in [0.3, 0.4) is 0 Å². The van der Waals surface area contributed by atoms with Gasteiger partial charge in [0.15, 0.2) is 0 Å². The van der Waals surface area contributed by atoms with Crippen molar-refractivity contribution in [3.05, 3.63) is 0 Å². The van der Waals surface area contributed by atoms with Gasteiger partial charge in [0, 0.05) is 0 Å². The fourth-order valence-corrected chi connectivity index (χ4v) is 0.460. The summed E-state index contributed by atoms with van der Waals surface area (Å²) in [6, 6.07) is 0. The SMILES string of the molecule is CC(O)C(=O)OCC1CO1. The monoisotopic (exact) mass is 146 g/mol. The number of esters is 1. The van der Waals surface area contributed by atoms with Gasteiger partial charge in [0.05, 0.1) is 6.61 Å². The molecule has 0 aromatic carbocycles. The Labute approximate surface area is 58.7 Å². The summed E-state index contributed by atoms with van der Waals surface area (Å²) < 4.78 is 9.39. The predicted octanol–water partition coefficient (Wildman–Crippen LogP) is -0.691. The van der Waals surface area contributed by atoms with Crippen LogP contribution in [0.15, 0.2) is 0 Å². The third kappa shape index (κ3) is 2.33. The second kappa shape index (κ2) is 2.98. The molecule has 1 aliphatic rings. The van der Waals surface area contributed by atoms with E-state index in [1.165, 1.54) is 6.92 Å². The molecule has 0 spiro atoms. The van der Waals surface area contributed by atoms with E-state index >= 15 is 0 Å². The summed E-state index contributed by atoms with van der Waals surface area (Å²) in [5.41, 5.74) is 0. The Morgan fingerprint density at radius 3 is 3.00 bits per heavy atom. The number of carbonyl (C=O) groups excluding carboxylic acids is 1. The molecule has 1 fully saturated rings. The maximum atomic E-state index is 10.5. The number of carbonyl (C=O) groups is 1. The Kier molecular flexibility index (Phi) is 2.24. The molecule has 1 saturated heterocycles. The van der Waals surface area contributed by atoms with Crippen molar-refractivity contribution in [3.8, 4) is 0 Å². The average molecular weight is 146 g/mol. The molecule has 1 heterocycles. The second-order valence-corrected chi connectivity index (χ2v) is 2.26. The van der Waals surface area contributed by atoms with Crippen LogP contribution < -0.4 is 0 Å². The van der Waals surface area contributed by atoms with E-state index in [1.807, 2.05) is 0 Å². The fraction of sp³-hybridized carbons (Fsp3) is 0.833. The van der Waals surface area contributed by atoms with Gasteiger partial charge >= 0.3 is 5.97 Å². The van der Waals surface area contributed by atoms with E-state index in [0.29, 0.717) is 6.61 Å². The van der Waals surface area contributed by atoms with Crippen LogP contribution in [0, 0.1) is 0 Å². The summed E-state index contributed by atoms with van der Waals surface area (Å²) in [5, 5.41) is 8.64. The van der Waals surface area contributed by atoms with Crippen molar-refractivity contribution in [1.82, 2.24) is 0 Å². The zero-order valence-electron chi connectivity index (χ0n) is 5.74. The van der Waals surface area contributed by atoms with Crippen LogP contribution >= 0.6 is 0 Å². The molecule has 0 aromatic heterocycles. The molecule has 4 nitrogen and oxygen atoms in total. The van der Waals surface area contributed by atoms with Crippen molar-refractivity contribution in [3.63, 3.8) is 0 Å². The average Bonchev–Trinajstić information content (AvgIpc) is 2.64. The number of ether oxygens (including phenoxy) is 2. The molecular formula is C6H10O4. The van der Waals surface area contributed by atoms with Gasteiger partial charge in [-0.25, -0.2) is 4.79 Å². The molecule has 1 aliphatic heterocycles. The first-order valence-corrected chi connectivity index (χ1v) is 3.16. The zero-order chi connectivity index (χ0) is 7.56. The lowest BCUT2D eigenvalue weighted by molar-refractivity contribution is -0.152. The Morgan fingerprint density at radius 1 is 2.00 bits per heavy atom. The van der Waals surface area contributed by atoms with Crippen molar-refractivity contribution >= 4 is 5.97 Å². The van der Waals surface area contributed by atoms with E-state index in [1.54, 1.807) is 0 Å². The Bertz CT molecular complexity index is 128. The van der Waals surface area contributed by atoms with Crippen LogP contribution in [0.2, 0.25) is 0 Å². The van der Waals surface area contributed by atoms with Crippen LogP contribution in [0.4, 0.5) is 0 Å². The highest BCUT2D eigenvalue weighted by Crippen LogP contribution is 2.08. The number of hydrogen-bond acceptors (Lipinski definition) is 4. The summed E-state index contributed by atoms with van der Waals surface area (Å²) in [6.07, 6.45) is -0.957. The third-order valence-corrected chi connectivity index (χ3v) is 1.15. The first kappa shape index (κ1) is 7.50. The van der Waals surface area contributed by atoms with Crippen LogP contribution in [0.25, 0.3) is 0 Å². The van der Waals surface area contributed by atoms with Crippen molar-refractivity contribution in [2.45, 2.75) is 19.1 Å². The first-order chi connectivity index (χ1) is 4.70. The number of aliphatic hydroxyl groups excluding tert-OH is 1. The highest BCUT2D eigenvalue weighted by atomic mass is 16.6. The zero-order valence-corrected chi connectivity index (χ0v) is 5.74. The number of epoxide rings is 1. The van der Waals surface area contributed by atoms with Gasteiger partial charge in [0.25, 0.3) is 0 Å². The molecule has 0 radical (unpaired) electrons. The Balaban J connectivity index is 2.05. The molecule has 0 aromatic rings. The minimum Gasteiger partial charge on any atom is -0.461 e. The summed E-state index contributed by atoms with van der Waals surface area (Å²) in [5.74, 6) is -0.587. The molecule has 0 amide bonds. The van der Waals surface area contributed by atoms with E-state index in [0.717, 1.165) is 0 Å². The third-order valence-electron chi connectivity index (χ3n) is 1.15. The smallest absolute Gasteiger partial charge is 0.334 e. The van der Waals surface area contributed by atoms with E-state index in [2.05, 4.69) is 4.74 Å². The van der Waals surface area contributed by atoms with Gasteiger partial charge in [0.2, 0.25) is 0 Å². The molecule has 58 valence electrons. The minimum atomic E-state index is -1.03. The fourth-order valence-electron chi connectivity index (χ4n) is 0.460. The van der Waals surface area contributed by atoms with Crippen molar-refractivity contribution < 1.29 is 19.4 Å².